The zero-order valence-corrected chi connectivity index (χ0v) is 10.4. The third-order valence-electron chi connectivity index (χ3n) is 2.35. The number of carbonyl (C=O) groups is 1. The number of nitriles is 1. The van der Waals surface area contributed by atoms with Gasteiger partial charge in [-0.05, 0) is 17.7 Å². The van der Waals surface area contributed by atoms with Crippen molar-refractivity contribution >= 4 is 11.6 Å². The summed E-state index contributed by atoms with van der Waals surface area (Å²) in [5.74, 6) is -0.722. The van der Waals surface area contributed by atoms with E-state index < -0.39 is 5.91 Å². The topological polar surface area (TPSA) is 70.1 Å². The Balaban J connectivity index is 3.16. The van der Waals surface area contributed by atoms with Crippen LogP contribution in [0.1, 0.15) is 5.56 Å². The molecule has 1 aromatic carbocycles. The van der Waals surface area contributed by atoms with Crippen LogP contribution in [-0.4, -0.2) is 24.9 Å². The summed E-state index contributed by atoms with van der Waals surface area (Å²) in [6.45, 7) is 0. The number of hydrogen-bond donors (Lipinski definition) is 1. The van der Waals surface area contributed by atoms with Gasteiger partial charge >= 0.3 is 0 Å². The fourth-order valence-corrected chi connectivity index (χ4v) is 1.45. The van der Waals surface area contributed by atoms with E-state index in [9.17, 15) is 4.79 Å². The van der Waals surface area contributed by atoms with Crippen LogP contribution in [0.15, 0.2) is 48.1 Å². The molecule has 18 heavy (non-hydrogen) atoms. The van der Waals surface area contributed by atoms with Crippen LogP contribution in [0.25, 0.3) is 5.70 Å². The molecule has 0 aliphatic carbocycles. The van der Waals surface area contributed by atoms with Gasteiger partial charge in [0, 0.05) is 19.8 Å². The first kappa shape index (κ1) is 13.5. The third-order valence-corrected chi connectivity index (χ3v) is 2.35. The van der Waals surface area contributed by atoms with Crippen molar-refractivity contribution in [2.45, 2.75) is 0 Å². The molecule has 0 unspecified atom stereocenters. The maximum absolute atomic E-state index is 10.9. The van der Waals surface area contributed by atoms with E-state index in [0.717, 1.165) is 11.3 Å². The van der Waals surface area contributed by atoms with E-state index in [1.807, 2.05) is 49.3 Å². The predicted octanol–water partition coefficient (Wildman–Crippen LogP) is 1.52. The molecule has 1 aromatic rings. The van der Waals surface area contributed by atoms with Crippen molar-refractivity contribution in [3.8, 4) is 6.07 Å². The Hall–Kier alpha value is -2.54. The van der Waals surface area contributed by atoms with Gasteiger partial charge in [-0.2, -0.15) is 5.26 Å². The van der Waals surface area contributed by atoms with Crippen LogP contribution >= 0.6 is 0 Å². The third kappa shape index (κ3) is 3.49. The lowest BCUT2D eigenvalue weighted by molar-refractivity contribution is -0.114. The highest BCUT2D eigenvalue weighted by atomic mass is 16.1. The zero-order chi connectivity index (χ0) is 13.5. The minimum absolute atomic E-state index is 0.0646. The molecule has 0 fully saturated rings. The molecule has 0 aliphatic heterocycles. The molecule has 0 radical (unpaired) electrons. The SMILES string of the molecule is CN(C)/C(=C/C=C(/C#N)C(N)=O)c1ccccc1. The van der Waals surface area contributed by atoms with Gasteiger partial charge in [-0.25, -0.2) is 0 Å². The van der Waals surface area contributed by atoms with E-state index >= 15 is 0 Å². The first-order chi connectivity index (χ1) is 8.56. The van der Waals surface area contributed by atoms with E-state index in [0.29, 0.717) is 0 Å². The Kier molecular flexibility index (Phi) is 4.70. The molecule has 0 heterocycles. The molecule has 0 aromatic heterocycles. The van der Waals surface area contributed by atoms with Gasteiger partial charge in [0.15, 0.2) is 0 Å². The summed E-state index contributed by atoms with van der Waals surface area (Å²) in [5.41, 5.74) is 6.90. The van der Waals surface area contributed by atoms with Crippen molar-refractivity contribution in [2.75, 3.05) is 14.1 Å². The van der Waals surface area contributed by atoms with Crippen LogP contribution in [-0.2, 0) is 4.79 Å². The summed E-state index contributed by atoms with van der Waals surface area (Å²) in [6.07, 6.45) is 3.14. The molecule has 0 saturated heterocycles. The second-order valence-electron chi connectivity index (χ2n) is 3.87. The van der Waals surface area contributed by atoms with Crippen LogP contribution < -0.4 is 5.73 Å². The van der Waals surface area contributed by atoms with Gasteiger partial charge in [-0.15, -0.1) is 0 Å². The van der Waals surface area contributed by atoms with Gasteiger partial charge in [0.2, 0.25) is 0 Å². The monoisotopic (exact) mass is 241 g/mol. The molecule has 0 bridgehead atoms. The number of hydrogen-bond acceptors (Lipinski definition) is 3. The molecule has 92 valence electrons. The normalized spacial score (nSPS) is 11.8. The number of nitrogens with two attached hydrogens (primary N) is 1. The predicted molar refractivity (Wildman–Crippen MR) is 71.0 cm³/mol. The number of nitrogens with zero attached hydrogens (tertiary/aromatic N) is 2. The summed E-state index contributed by atoms with van der Waals surface area (Å²) >= 11 is 0. The fraction of sp³-hybridized carbons (Fsp3) is 0.143. The van der Waals surface area contributed by atoms with E-state index in [-0.39, 0.29) is 5.57 Å². The van der Waals surface area contributed by atoms with E-state index in [1.165, 1.54) is 6.08 Å². The van der Waals surface area contributed by atoms with E-state index in [1.54, 1.807) is 12.1 Å². The summed E-state index contributed by atoms with van der Waals surface area (Å²) in [6, 6.07) is 11.5. The summed E-state index contributed by atoms with van der Waals surface area (Å²) in [7, 11) is 3.78. The highest BCUT2D eigenvalue weighted by molar-refractivity contribution is 5.96. The smallest absolute Gasteiger partial charge is 0.259 e. The standard InChI is InChI=1S/C14H15N3O/c1-17(2)13(11-6-4-3-5-7-11)9-8-12(10-15)14(16)18/h3-9H,1-2H3,(H2,16,18)/b12-8-,13-9+. The molecule has 4 nitrogen and oxygen atoms in total. The lowest BCUT2D eigenvalue weighted by Gasteiger charge is -2.17. The minimum atomic E-state index is -0.722. The lowest BCUT2D eigenvalue weighted by atomic mass is 10.1. The van der Waals surface area contributed by atoms with Gasteiger partial charge in [0.05, 0.1) is 0 Å². The fourth-order valence-electron chi connectivity index (χ4n) is 1.45. The molecule has 1 amide bonds. The minimum Gasteiger partial charge on any atom is -0.377 e. The van der Waals surface area contributed by atoms with Crippen LogP contribution in [0, 0.1) is 11.3 Å². The highest BCUT2D eigenvalue weighted by Crippen LogP contribution is 2.16. The van der Waals surface area contributed by atoms with Gasteiger partial charge in [0.1, 0.15) is 11.6 Å². The number of rotatable bonds is 4. The first-order valence-electron chi connectivity index (χ1n) is 5.41. The molecular weight excluding hydrogens is 226 g/mol. The Labute approximate surface area is 107 Å². The van der Waals surface area contributed by atoms with Crippen molar-refractivity contribution in [1.82, 2.24) is 4.90 Å². The largest absolute Gasteiger partial charge is 0.377 e. The van der Waals surface area contributed by atoms with Gasteiger partial charge in [0.25, 0.3) is 5.91 Å². The number of primary amides is 1. The Morgan fingerprint density at radius 2 is 1.89 bits per heavy atom. The van der Waals surface area contributed by atoms with E-state index in [2.05, 4.69) is 0 Å². The average Bonchev–Trinajstić information content (AvgIpc) is 2.35. The van der Waals surface area contributed by atoms with Gasteiger partial charge in [-0.3, -0.25) is 4.79 Å². The summed E-state index contributed by atoms with van der Waals surface area (Å²) in [5, 5.41) is 8.76. The number of amides is 1. The number of allylic oxidation sites excluding steroid dienone is 2. The maximum atomic E-state index is 10.9. The zero-order valence-electron chi connectivity index (χ0n) is 10.4. The van der Waals surface area contributed by atoms with Gasteiger partial charge < -0.3 is 10.6 Å². The van der Waals surface area contributed by atoms with Crippen LogP contribution in [0.5, 0.6) is 0 Å². The van der Waals surface area contributed by atoms with Crippen LogP contribution in [0.4, 0.5) is 0 Å². The van der Waals surface area contributed by atoms with Crippen LogP contribution in [0.3, 0.4) is 0 Å². The first-order valence-corrected chi connectivity index (χ1v) is 5.41. The summed E-state index contributed by atoms with van der Waals surface area (Å²) < 4.78 is 0. The molecular formula is C14H15N3O. The Morgan fingerprint density at radius 3 is 2.33 bits per heavy atom. The lowest BCUT2D eigenvalue weighted by Crippen LogP contribution is -2.13. The number of carbonyl (C=O) groups excluding carboxylic acids is 1. The highest BCUT2D eigenvalue weighted by Gasteiger charge is 2.04. The van der Waals surface area contributed by atoms with Crippen LogP contribution in [0.2, 0.25) is 0 Å². The quantitative estimate of drug-likeness (QED) is 0.493. The molecule has 0 spiro atoms. The average molecular weight is 241 g/mol. The van der Waals surface area contributed by atoms with Crippen molar-refractivity contribution in [3.63, 3.8) is 0 Å². The molecule has 1 rings (SSSR count). The van der Waals surface area contributed by atoms with Crippen molar-refractivity contribution in [2.24, 2.45) is 5.73 Å². The molecule has 4 heteroatoms. The van der Waals surface area contributed by atoms with Crippen molar-refractivity contribution < 1.29 is 4.79 Å². The Bertz CT molecular complexity index is 522. The Morgan fingerprint density at radius 1 is 1.28 bits per heavy atom. The molecule has 0 atom stereocenters. The molecule has 0 saturated carbocycles. The van der Waals surface area contributed by atoms with Crippen molar-refractivity contribution in [3.05, 3.63) is 53.6 Å². The van der Waals surface area contributed by atoms with E-state index in [4.69, 9.17) is 11.0 Å². The molecule has 2 N–H and O–H groups in total. The summed E-state index contributed by atoms with van der Waals surface area (Å²) in [4.78, 5) is 12.8. The van der Waals surface area contributed by atoms with Crippen molar-refractivity contribution in [1.29, 1.82) is 5.26 Å². The second-order valence-corrected chi connectivity index (χ2v) is 3.87. The maximum Gasteiger partial charge on any atom is 0.259 e. The molecule has 0 aliphatic rings. The number of benzene rings is 1. The van der Waals surface area contributed by atoms with Gasteiger partial charge in [-0.1, -0.05) is 30.3 Å². The second kappa shape index (κ2) is 6.26.